The molecule has 0 aromatic carbocycles. The van der Waals surface area contributed by atoms with Crippen LogP contribution in [0, 0.1) is 6.92 Å². The van der Waals surface area contributed by atoms with E-state index in [1.165, 1.54) is 11.3 Å². The molecule has 0 saturated heterocycles. The van der Waals surface area contributed by atoms with Gasteiger partial charge in [-0.2, -0.15) is 0 Å². The van der Waals surface area contributed by atoms with Crippen LogP contribution in [0.5, 0.6) is 0 Å². The highest BCUT2D eigenvalue weighted by molar-refractivity contribution is 5.22. The number of aromatic amines is 1. The van der Waals surface area contributed by atoms with Gasteiger partial charge in [0, 0.05) is 18.6 Å². The van der Waals surface area contributed by atoms with E-state index < -0.39 is 0 Å². The fraction of sp³-hybridized carbons (Fsp3) is 0.500. The summed E-state index contributed by atoms with van der Waals surface area (Å²) in [6.45, 7) is 8.79. The minimum atomic E-state index is 0.252. The molecule has 1 N–H and O–H groups in total. The molecule has 60 valence electrons. The lowest BCUT2D eigenvalue weighted by Gasteiger charge is -2.17. The van der Waals surface area contributed by atoms with Crippen molar-refractivity contribution in [3.05, 3.63) is 29.6 Å². The Morgan fingerprint density at radius 3 is 2.27 bits per heavy atom. The Kier molecular flexibility index (Phi) is 1.99. The van der Waals surface area contributed by atoms with E-state index >= 15 is 0 Å². The fourth-order valence-corrected chi connectivity index (χ4v) is 1.33. The third-order valence-electron chi connectivity index (χ3n) is 1.87. The molecule has 1 heteroatoms. The quantitative estimate of drug-likeness (QED) is 0.538. The van der Waals surface area contributed by atoms with Gasteiger partial charge in [0.2, 0.25) is 0 Å². The summed E-state index contributed by atoms with van der Waals surface area (Å²) in [5.41, 5.74) is 2.90. The SMILES string of the molecule is Cc1[nH+]cccc1C(C)(C)C. The van der Waals surface area contributed by atoms with Crippen molar-refractivity contribution in [2.75, 3.05) is 0 Å². The minimum Gasteiger partial charge on any atom is -0.215 e. The Morgan fingerprint density at radius 2 is 1.91 bits per heavy atom. The van der Waals surface area contributed by atoms with Gasteiger partial charge in [-0.3, -0.25) is 0 Å². The summed E-state index contributed by atoms with van der Waals surface area (Å²) in [5, 5.41) is 0. The van der Waals surface area contributed by atoms with Crippen LogP contribution in [0.1, 0.15) is 32.0 Å². The number of H-pyrrole nitrogens is 1. The van der Waals surface area contributed by atoms with E-state index in [9.17, 15) is 0 Å². The first-order valence-corrected chi connectivity index (χ1v) is 3.99. The van der Waals surface area contributed by atoms with Gasteiger partial charge in [0.1, 0.15) is 0 Å². The fourth-order valence-electron chi connectivity index (χ4n) is 1.33. The maximum Gasteiger partial charge on any atom is 0.180 e. The normalized spacial score (nSPS) is 11.6. The summed E-state index contributed by atoms with van der Waals surface area (Å²) >= 11 is 0. The summed E-state index contributed by atoms with van der Waals surface area (Å²) in [5.74, 6) is 0. The molecule has 1 aromatic heterocycles. The first-order chi connectivity index (χ1) is 5.02. The smallest absolute Gasteiger partial charge is 0.180 e. The number of aromatic nitrogens is 1. The topological polar surface area (TPSA) is 14.1 Å². The molecule has 0 amide bonds. The standard InChI is InChI=1S/C10H15N/c1-8-9(10(2,3)4)6-5-7-11-8/h5-7H,1-4H3/p+1. The third kappa shape index (κ3) is 1.79. The highest BCUT2D eigenvalue weighted by Gasteiger charge is 2.18. The van der Waals surface area contributed by atoms with Crippen LogP contribution in [-0.2, 0) is 5.41 Å². The summed E-state index contributed by atoms with van der Waals surface area (Å²) < 4.78 is 0. The van der Waals surface area contributed by atoms with Gasteiger partial charge in [-0.1, -0.05) is 20.8 Å². The lowest BCUT2D eigenvalue weighted by Crippen LogP contribution is -2.19. The largest absolute Gasteiger partial charge is 0.215 e. The van der Waals surface area contributed by atoms with Crippen molar-refractivity contribution in [1.82, 2.24) is 0 Å². The number of hydrogen-bond acceptors (Lipinski definition) is 0. The second-order valence-corrected chi connectivity index (χ2v) is 3.96. The highest BCUT2D eigenvalue weighted by Crippen LogP contribution is 2.22. The number of pyridine rings is 1. The van der Waals surface area contributed by atoms with Crippen LogP contribution in [-0.4, -0.2) is 0 Å². The van der Waals surface area contributed by atoms with E-state index in [1.54, 1.807) is 0 Å². The van der Waals surface area contributed by atoms with Gasteiger partial charge in [0.25, 0.3) is 0 Å². The van der Waals surface area contributed by atoms with Crippen LogP contribution in [0.15, 0.2) is 18.3 Å². The van der Waals surface area contributed by atoms with Crippen LogP contribution in [0.4, 0.5) is 0 Å². The van der Waals surface area contributed by atoms with Crippen LogP contribution in [0.2, 0.25) is 0 Å². The molecule has 0 aliphatic heterocycles. The molecular formula is C10H16N+. The van der Waals surface area contributed by atoms with E-state index in [-0.39, 0.29) is 5.41 Å². The molecule has 0 spiro atoms. The van der Waals surface area contributed by atoms with Crippen molar-refractivity contribution >= 4 is 0 Å². The maximum atomic E-state index is 3.21. The van der Waals surface area contributed by atoms with Crippen molar-refractivity contribution in [3.63, 3.8) is 0 Å². The molecule has 0 aliphatic carbocycles. The van der Waals surface area contributed by atoms with E-state index in [0.29, 0.717) is 0 Å². The summed E-state index contributed by atoms with van der Waals surface area (Å²) in [6, 6.07) is 4.22. The van der Waals surface area contributed by atoms with Crippen molar-refractivity contribution in [1.29, 1.82) is 0 Å². The molecule has 0 saturated carbocycles. The monoisotopic (exact) mass is 150 g/mol. The van der Waals surface area contributed by atoms with Crippen molar-refractivity contribution in [2.45, 2.75) is 33.1 Å². The number of aryl methyl sites for hydroxylation is 1. The lowest BCUT2D eigenvalue weighted by molar-refractivity contribution is -0.388. The molecule has 1 nitrogen and oxygen atoms in total. The zero-order chi connectivity index (χ0) is 8.48. The lowest BCUT2D eigenvalue weighted by atomic mass is 9.86. The van der Waals surface area contributed by atoms with Crippen molar-refractivity contribution < 1.29 is 4.98 Å². The average Bonchev–Trinajstić information content (AvgIpc) is 1.86. The Hall–Kier alpha value is -0.850. The minimum absolute atomic E-state index is 0.252. The van der Waals surface area contributed by atoms with Crippen LogP contribution < -0.4 is 4.98 Å². The van der Waals surface area contributed by atoms with Crippen molar-refractivity contribution in [2.24, 2.45) is 0 Å². The maximum absolute atomic E-state index is 3.21. The molecular weight excluding hydrogens is 134 g/mol. The van der Waals surface area contributed by atoms with E-state index in [0.717, 1.165) is 0 Å². The molecule has 0 atom stereocenters. The zero-order valence-electron chi connectivity index (χ0n) is 7.73. The molecule has 0 fully saturated rings. The predicted octanol–water partition coefficient (Wildman–Crippen LogP) is 2.11. The van der Waals surface area contributed by atoms with Gasteiger partial charge >= 0.3 is 0 Å². The van der Waals surface area contributed by atoms with Crippen LogP contribution >= 0.6 is 0 Å². The molecule has 0 unspecified atom stereocenters. The summed E-state index contributed by atoms with van der Waals surface area (Å²) in [7, 11) is 0. The van der Waals surface area contributed by atoms with E-state index in [1.807, 2.05) is 12.3 Å². The van der Waals surface area contributed by atoms with Gasteiger partial charge in [-0.15, -0.1) is 0 Å². The second-order valence-electron chi connectivity index (χ2n) is 3.96. The Labute approximate surface area is 68.5 Å². The predicted molar refractivity (Wildman–Crippen MR) is 46.4 cm³/mol. The highest BCUT2D eigenvalue weighted by atomic mass is 14.7. The summed E-state index contributed by atoms with van der Waals surface area (Å²) in [4.78, 5) is 3.21. The van der Waals surface area contributed by atoms with Crippen LogP contribution in [0.3, 0.4) is 0 Å². The number of nitrogens with one attached hydrogen (secondary N) is 1. The second kappa shape index (κ2) is 2.65. The van der Waals surface area contributed by atoms with E-state index in [4.69, 9.17) is 0 Å². The molecule has 11 heavy (non-hydrogen) atoms. The number of hydrogen-bond donors (Lipinski definition) is 0. The molecule has 1 rings (SSSR count). The third-order valence-corrected chi connectivity index (χ3v) is 1.87. The Balaban J connectivity index is 3.14. The number of rotatable bonds is 0. The molecule has 0 radical (unpaired) electrons. The average molecular weight is 150 g/mol. The van der Waals surface area contributed by atoms with E-state index in [2.05, 4.69) is 38.7 Å². The zero-order valence-corrected chi connectivity index (χ0v) is 7.73. The molecule has 1 aromatic rings. The van der Waals surface area contributed by atoms with Crippen molar-refractivity contribution in [3.8, 4) is 0 Å². The van der Waals surface area contributed by atoms with Gasteiger partial charge < -0.3 is 0 Å². The first kappa shape index (κ1) is 8.25. The van der Waals surface area contributed by atoms with Gasteiger partial charge in [0.05, 0.1) is 0 Å². The van der Waals surface area contributed by atoms with Gasteiger partial charge in [-0.05, 0) is 11.5 Å². The van der Waals surface area contributed by atoms with Gasteiger partial charge in [-0.25, -0.2) is 4.98 Å². The Morgan fingerprint density at radius 1 is 1.27 bits per heavy atom. The molecule has 0 aliphatic rings. The summed E-state index contributed by atoms with van der Waals surface area (Å²) in [6.07, 6.45) is 1.96. The molecule has 1 heterocycles. The van der Waals surface area contributed by atoms with Gasteiger partial charge in [0.15, 0.2) is 11.9 Å². The molecule has 0 bridgehead atoms. The first-order valence-electron chi connectivity index (χ1n) is 3.99. The Bertz CT molecular complexity index is 245. The van der Waals surface area contributed by atoms with Crippen LogP contribution in [0.25, 0.3) is 0 Å².